The quantitative estimate of drug-likeness (QED) is 0.905. The van der Waals surface area contributed by atoms with E-state index < -0.39 is 0 Å². The normalized spacial score (nSPS) is 21.2. The molecule has 1 atom stereocenters. The van der Waals surface area contributed by atoms with Crippen LogP contribution in [0.4, 0.5) is 0 Å². The topological polar surface area (TPSA) is 60.2 Å². The van der Waals surface area contributed by atoms with E-state index in [1.165, 1.54) is 12.8 Å². The van der Waals surface area contributed by atoms with E-state index in [0.717, 1.165) is 11.3 Å². The summed E-state index contributed by atoms with van der Waals surface area (Å²) in [5, 5.41) is 11.6. The summed E-state index contributed by atoms with van der Waals surface area (Å²) in [5.41, 5.74) is 1.13. The Morgan fingerprint density at radius 2 is 2.11 bits per heavy atom. The summed E-state index contributed by atoms with van der Waals surface area (Å²) >= 11 is 0. The van der Waals surface area contributed by atoms with Crippen LogP contribution in [0.3, 0.4) is 0 Å². The van der Waals surface area contributed by atoms with Crippen LogP contribution < -0.4 is 10.1 Å². The third-order valence-electron chi connectivity index (χ3n) is 3.60. The van der Waals surface area contributed by atoms with E-state index in [9.17, 15) is 0 Å². The number of nitrogens with one attached hydrogen (secondary N) is 1. The maximum absolute atomic E-state index is 5.74. The smallest absolute Gasteiger partial charge is 0.230 e. The summed E-state index contributed by atoms with van der Waals surface area (Å²) in [5.74, 6) is 2.30. The molecule has 1 aliphatic carbocycles. The number of nitrogens with zero attached hydrogens (tertiary/aromatic N) is 2. The molecule has 0 spiro atoms. The maximum Gasteiger partial charge on any atom is 0.230 e. The number of hydrogen-bond acceptors (Lipinski definition) is 5. The van der Waals surface area contributed by atoms with Gasteiger partial charge in [-0.25, -0.2) is 0 Å². The lowest BCUT2D eigenvalue weighted by atomic mass is 10.0. The third-order valence-corrected chi connectivity index (χ3v) is 3.60. The fourth-order valence-electron chi connectivity index (χ4n) is 2.37. The first-order valence-electron chi connectivity index (χ1n) is 6.67. The number of fused-ring (bicyclic) bond motifs is 1. The van der Waals surface area contributed by atoms with Crippen LogP contribution in [0.5, 0.6) is 5.75 Å². The molecule has 19 heavy (non-hydrogen) atoms. The van der Waals surface area contributed by atoms with Crippen molar-refractivity contribution in [3.8, 4) is 5.75 Å². The SMILES string of the molecule is c1ccc2c(c1)OCC2c1nnc(CNC2CC2)o1. The van der Waals surface area contributed by atoms with Gasteiger partial charge >= 0.3 is 0 Å². The lowest BCUT2D eigenvalue weighted by Crippen LogP contribution is -2.15. The van der Waals surface area contributed by atoms with Crippen LogP contribution in [0.25, 0.3) is 0 Å². The van der Waals surface area contributed by atoms with Crippen molar-refractivity contribution in [3.05, 3.63) is 41.6 Å². The molecule has 1 saturated carbocycles. The van der Waals surface area contributed by atoms with Crippen molar-refractivity contribution >= 4 is 0 Å². The third kappa shape index (κ3) is 2.10. The fraction of sp³-hybridized carbons (Fsp3) is 0.429. The Bertz CT molecular complexity index is 592. The second-order valence-electron chi connectivity index (χ2n) is 5.09. The highest BCUT2D eigenvalue weighted by atomic mass is 16.5. The van der Waals surface area contributed by atoms with Gasteiger partial charge in [0.15, 0.2) is 0 Å². The monoisotopic (exact) mass is 257 g/mol. The van der Waals surface area contributed by atoms with Crippen molar-refractivity contribution in [2.24, 2.45) is 0 Å². The van der Waals surface area contributed by atoms with Gasteiger partial charge in [-0.3, -0.25) is 0 Å². The van der Waals surface area contributed by atoms with Crippen molar-refractivity contribution < 1.29 is 9.15 Å². The number of para-hydroxylation sites is 1. The molecule has 2 aromatic rings. The molecule has 0 saturated heterocycles. The van der Waals surface area contributed by atoms with Gasteiger partial charge in [0.25, 0.3) is 0 Å². The van der Waals surface area contributed by atoms with Crippen LogP contribution in [-0.2, 0) is 6.54 Å². The highest BCUT2D eigenvalue weighted by molar-refractivity contribution is 5.42. The molecule has 2 aliphatic rings. The molecule has 5 nitrogen and oxygen atoms in total. The Labute approximate surface area is 111 Å². The molecule has 4 rings (SSSR count). The van der Waals surface area contributed by atoms with E-state index in [-0.39, 0.29) is 5.92 Å². The summed E-state index contributed by atoms with van der Waals surface area (Å²) in [6.07, 6.45) is 2.51. The van der Waals surface area contributed by atoms with Crippen LogP contribution >= 0.6 is 0 Å². The van der Waals surface area contributed by atoms with Crippen molar-refractivity contribution in [1.29, 1.82) is 0 Å². The molecule has 1 unspecified atom stereocenters. The van der Waals surface area contributed by atoms with Gasteiger partial charge in [-0.05, 0) is 18.9 Å². The molecule has 1 aromatic carbocycles. The zero-order valence-corrected chi connectivity index (χ0v) is 10.5. The standard InChI is InChI=1S/C14H15N3O2/c1-2-4-12-10(3-1)11(8-18-12)14-17-16-13(19-14)7-15-9-5-6-9/h1-4,9,11,15H,5-8H2. The van der Waals surface area contributed by atoms with Crippen LogP contribution in [0, 0.1) is 0 Å². The lowest BCUT2D eigenvalue weighted by Gasteiger charge is -2.02. The van der Waals surface area contributed by atoms with E-state index in [4.69, 9.17) is 9.15 Å². The lowest BCUT2D eigenvalue weighted by molar-refractivity contribution is 0.320. The van der Waals surface area contributed by atoms with Gasteiger partial charge in [-0.1, -0.05) is 18.2 Å². The Kier molecular flexibility index (Phi) is 2.51. The average molecular weight is 257 g/mol. The molecule has 0 bridgehead atoms. The van der Waals surface area contributed by atoms with Crippen LogP contribution in [0.2, 0.25) is 0 Å². The van der Waals surface area contributed by atoms with Gasteiger partial charge in [0.05, 0.1) is 12.5 Å². The Morgan fingerprint density at radius 3 is 3.00 bits per heavy atom. The minimum absolute atomic E-state index is 0.0679. The molecule has 5 heteroatoms. The summed E-state index contributed by atoms with van der Waals surface area (Å²) in [4.78, 5) is 0. The largest absolute Gasteiger partial charge is 0.492 e. The van der Waals surface area contributed by atoms with E-state index in [1.54, 1.807) is 0 Å². The minimum Gasteiger partial charge on any atom is -0.492 e. The van der Waals surface area contributed by atoms with Gasteiger partial charge in [0.1, 0.15) is 12.4 Å². The van der Waals surface area contributed by atoms with Crippen molar-refractivity contribution in [2.75, 3.05) is 6.61 Å². The van der Waals surface area contributed by atoms with Crippen molar-refractivity contribution in [3.63, 3.8) is 0 Å². The predicted octanol–water partition coefficient (Wildman–Crippen LogP) is 1.85. The second-order valence-corrected chi connectivity index (χ2v) is 5.09. The summed E-state index contributed by atoms with van der Waals surface area (Å²) < 4.78 is 11.4. The molecule has 2 heterocycles. The van der Waals surface area contributed by atoms with Crippen molar-refractivity contribution in [1.82, 2.24) is 15.5 Å². The van der Waals surface area contributed by atoms with Gasteiger partial charge in [0.2, 0.25) is 11.8 Å². The number of rotatable bonds is 4. The predicted molar refractivity (Wildman–Crippen MR) is 67.9 cm³/mol. The molecule has 1 aliphatic heterocycles. The van der Waals surface area contributed by atoms with Gasteiger partial charge in [0, 0.05) is 11.6 Å². The van der Waals surface area contributed by atoms with E-state index in [0.29, 0.717) is 31.0 Å². The fourth-order valence-corrected chi connectivity index (χ4v) is 2.37. The summed E-state index contributed by atoms with van der Waals surface area (Å²) in [6, 6.07) is 8.65. The van der Waals surface area contributed by atoms with Crippen LogP contribution in [0.1, 0.15) is 36.1 Å². The minimum atomic E-state index is 0.0679. The molecule has 0 amide bonds. The number of benzene rings is 1. The Balaban J connectivity index is 1.53. The zero-order valence-electron chi connectivity index (χ0n) is 10.5. The van der Waals surface area contributed by atoms with Crippen LogP contribution in [-0.4, -0.2) is 22.8 Å². The molecular weight excluding hydrogens is 242 g/mol. The molecule has 98 valence electrons. The van der Waals surface area contributed by atoms with Crippen LogP contribution in [0.15, 0.2) is 28.7 Å². The molecule has 1 aromatic heterocycles. The first-order chi connectivity index (χ1) is 9.40. The molecular formula is C14H15N3O2. The van der Waals surface area contributed by atoms with Gasteiger partial charge in [-0.15, -0.1) is 10.2 Å². The number of hydrogen-bond donors (Lipinski definition) is 1. The van der Waals surface area contributed by atoms with E-state index in [2.05, 4.69) is 21.6 Å². The van der Waals surface area contributed by atoms with E-state index in [1.807, 2.05) is 18.2 Å². The Hall–Kier alpha value is -1.88. The molecule has 0 radical (unpaired) electrons. The van der Waals surface area contributed by atoms with Crippen molar-refractivity contribution in [2.45, 2.75) is 31.3 Å². The van der Waals surface area contributed by atoms with Gasteiger partial charge < -0.3 is 14.5 Å². The first kappa shape index (κ1) is 11.0. The second kappa shape index (κ2) is 4.35. The highest BCUT2D eigenvalue weighted by Gasteiger charge is 2.30. The summed E-state index contributed by atoms with van der Waals surface area (Å²) in [7, 11) is 0. The zero-order chi connectivity index (χ0) is 12.7. The number of ether oxygens (including phenoxy) is 1. The average Bonchev–Trinajstić information content (AvgIpc) is 3.00. The molecule has 1 N–H and O–H groups in total. The number of aromatic nitrogens is 2. The summed E-state index contributed by atoms with van der Waals surface area (Å²) in [6.45, 7) is 1.24. The van der Waals surface area contributed by atoms with E-state index >= 15 is 0 Å². The Morgan fingerprint density at radius 1 is 1.21 bits per heavy atom. The maximum atomic E-state index is 5.74. The van der Waals surface area contributed by atoms with Gasteiger partial charge in [-0.2, -0.15) is 0 Å². The molecule has 1 fully saturated rings. The first-order valence-corrected chi connectivity index (χ1v) is 6.67. The highest BCUT2D eigenvalue weighted by Crippen LogP contribution is 2.37.